The van der Waals surface area contributed by atoms with Crippen LogP contribution in [0.15, 0.2) is 41.3 Å². The number of hydrogen-bond donors (Lipinski definition) is 1. The highest BCUT2D eigenvalue weighted by molar-refractivity contribution is 5.87. The standard InChI is InChI=1S/C24H29N5O3/c1-17-20-14-26-29(16-21(30)25-11-7-13-27-12-6-10-22(27)31)24(32)23(20)18(2)28(17)15-19-8-4-3-5-9-19/h3-5,8-9,14H,6-7,10-13,15-16H2,1-2H3,(H,25,30). The van der Waals surface area contributed by atoms with E-state index in [1.165, 1.54) is 4.68 Å². The minimum absolute atomic E-state index is 0.125. The third-order valence-corrected chi connectivity index (χ3v) is 6.18. The fourth-order valence-electron chi connectivity index (χ4n) is 4.39. The number of carbonyl (C=O) groups is 2. The van der Waals surface area contributed by atoms with E-state index in [-0.39, 0.29) is 23.9 Å². The Morgan fingerprint density at radius 3 is 2.62 bits per heavy atom. The van der Waals surface area contributed by atoms with E-state index in [0.29, 0.717) is 37.9 Å². The van der Waals surface area contributed by atoms with Crippen LogP contribution in [0, 0.1) is 13.8 Å². The summed E-state index contributed by atoms with van der Waals surface area (Å²) in [7, 11) is 0. The molecule has 3 heterocycles. The molecule has 0 aliphatic carbocycles. The van der Waals surface area contributed by atoms with Crippen molar-refractivity contribution in [2.75, 3.05) is 19.6 Å². The number of likely N-dealkylation sites (tertiary alicyclic amines) is 1. The summed E-state index contributed by atoms with van der Waals surface area (Å²) in [6.07, 6.45) is 3.90. The minimum atomic E-state index is -0.259. The smallest absolute Gasteiger partial charge is 0.276 e. The van der Waals surface area contributed by atoms with E-state index in [9.17, 15) is 14.4 Å². The van der Waals surface area contributed by atoms with Gasteiger partial charge in [-0.05, 0) is 32.3 Å². The first kappa shape index (κ1) is 21.8. The van der Waals surface area contributed by atoms with Gasteiger partial charge in [-0.3, -0.25) is 14.4 Å². The van der Waals surface area contributed by atoms with Crippen molar-refractivity contribution in [2.24, 2.45) is 0 Å². The Balaban J connectivity index is 1.43. The molecule has 8 nitrogen and oxygen atoms in total. The topological polar surface area (TPSA) is 89.2 Å². The summed E-state index contributed by atoms with van der Waals surface area (Å²) in [5, 5.41) is 8.49. The Labute approximate surface area is 186 Å². The SMILES string of the molecule is Cc1c2cnn(CC(=O)NCCCN3CCCC3=O)c(=O)c2c(C)n1Cc1ccccc1. The lowest BCUT2D eigenvalue weighted by molar-refractivity contribution is -0.127. The normalized spacial score (nSPS) is 13.8. The number of hydrogen-bond acceptors (Lipinski definition) is 4. The number of rotatable bonds is 8. The number of fused-ring (bicyclic) bond motifs is 1. The summed E-state index contributed by atoms with van der Waals surface area (Å²) in [5.41, 5.74) is 2.76. The van der Waals surface area contributed by atoms with Gasteiger partial charge in [-0.25, -0.2) is 4.68 Å². The number of aromatic nitrogens is 3. The van der Waals surface area contributed by atoms with E-state index < -0.39 is 0 Å². The van der Waals surface area contributed by atoms with Crippen LogP contribution in [0.1, 0.15) is 36.2 Å². The monoisotopic (exact) mass is 435 g/mol. The average molecular weight is 436 g/mol. The van der Waals surface area contributed by atoms with Crippen LogP contribution >= 0.6 is 0 Å². The van der Waals surface area contributed by atoms with Gasteiger partial charge in [-0.15, -0.1) is 0 Å². The Morgan fingerprint density at radius 1 is 1.12 bits per heavy atom. The molecule has 0 unspecified atom stereocenters. The van der Waals surface area contributed by atoms with E-state index in [1.54, 1.807) is 6.20 Å². The van der Waals surface area contributed by atoms with E-state index in [2.05, 4.69) is 27.1 Å². The summed E-state index contributed by atoms with van der Waals surface area (Å²) in [5.74, 6) is -0.0740. The van der Waals surface area contributed by atoms with Crippen molar-refractivity contribution >= 4 is 22.6 Å². The molecule has 0 saturated carbocycles. The highest BCUT2D eigenvalue weighted by Gasteiger charge is 2.20. The zero-order valence-electron chi connectivity index (χ0n) is 18.6. The van der Waals surface area contributed by atoms with Crippen molar-refractivity contribution in [3.05, 3.63) is 63.8 Å². The molecule has 3 aromatic rings. The van der Waals surface area contributed by atoms with Crippen molar-refractivity contribution in [1.29, 1.82) is 0 Å². The molecular formula is C24H29N5O3. The lowest BCUT2D eigenvalue weighted by Crippen LogP contribution is -2.35. The van der Waals surface area contributed by atoms with Crippen LogP contribution < -0.4 is 10.9 Å². The van der Waals surface area contributed by atoms with Crippen molar-refractivity contribution in [3.63, 3.8) is 0 Å². The number of amides is 2. The molecule has 0 radical (unpaired) electrons. The van der Waals surface area contributed by atoms with Crippen molar-refractivity contribution < 1.29 is 9.59 Å². The van der Waals surface area contributed by atoms with E-state index in [0.717, 1.165) is 35.3 Å². The van der Waals surface area contributed by atoms with Gasteiger partial charge in [0.2, 0.25) is 11.8 Å². The molecule has 0 atom stereocenters. The van der Waals surface area contributed by atoms with Crippen LogP contribution in [0.3, 0.4) is 0 Å². The van der Waals surface area contributed by atoms with Crippen molar-refractivity contribution in [2.45, 2.75) is 46.2 Å². The lowest BCUT2D eigenvalue weighted by Gasteiger charge is -2.15. The first-order chi connectivity index (χ1) is 15.5. The van der Waals surface area contributed by atoms with E-state index in [4.69, 9.17) is 0 Å². The van der Waals surface area contributed by atoms with Gasteiger partial charge in [0, 0.05) is 49.4 Å². The molecule has 8 heteroatoms. The summed E-state index contributed by atoms with van der Waals surface area (Å²) in [6, 6.07) is 10.1. The number of carbonyl (C=O) groups excluding carboxylic acids is 2. The van der Waals surface area contributed by atoms with Crippen LogP contribution in [-0.2, 0) is 22.7 Å². The Bertz CT molecular complexity index is 1200. The molecule has 2 amide bonds. The predicted molar refractivity (Wildman–Crippen MR) is 122 cm³/mol. The van der Waals surface area contributed by atoms with E-state index in [1.807, 2.05) is 36.9 Å². The Hall–Kier alpha value is -3.42. The van der Waals surface area contributed by atoms with Gasteiger partial charge < -0.3 is 14.8 Å². The molecule has 1 aromatic carbocycles. The van der Waals surface area contributed by atoms with Gasteiger partial charge in [0.1, 0.15) is 6.54 Å². The second kappa shape index (κ2) is 9.38. The molecule has 1 N–H and O–H groups in total. The van der Waals surface area contributed by atoms with Crippen molar-refractivity contribution in [1.82, 2.24) is 24.6 Å². The number of nitrogens with one attached hydrogen (secondary N) is 1. The second-order valence-corrected chi connectivity index (χ2v) is 8.33. The predicted octanol–water partition coefficient (Wildman–Crippen LogP) is 1.99. The van der Waals surface area contributed by atoms with Crippen LogP contribution in [0.4, 0.5) is 0 Å². The molecule has 32 heavy (non-hydrogen) atoms. The molecule has 168 valence electrons. The maximum atomic E-state index is 13.1. The van der Waals surface area contributed by atoms with Gasteiger partial charge >= 0.3 is 0 Å². The molecule has 1 aliphatic rings. The first-order valence-electron chi connectivity index (χ1n) is 11.1. The average Bonchev–Trinajstić information content (AvgIpc) is 3.30. The summed E-state index contributed by atoms with van der Waals surface area (Å²) in [6.45, 7) is 6.38. The largest absolute Gasteiger partial charge is 0.354 e. The molecule has 2 aromatic heterocycles. The summed E-state index contributed by atoms with van der Waals surface area (Å²) >= 11 is 0. The Kier molecular flexibility index (Phi) is 6.39. The summed E-state index contributed by atoms with van der Waals surface area (Å²) in [4.78, 5) is 38.9. The maximum Gasteiger partial charge on any atom is 0.276 e. The third-order valence-electron chi connectivity index (χ3n) is 6.18. The van der Waals surface area contributed by atoms with Gasteiger partial charge in [0.15, 0.2) is 0 Å². The molecule has 4 rings (SSSR count). The molecule has 0 bridgehead atoms. The molecule has 1 aliphatic heterocycles. The third kappa shape index (κ3) is 4.44. The Morgan fingerprint density at radius 2 is 1.91 bits per heavy atom. The number of benzene rings is 1. The highest BCUT2D eigenvalue weighted by atomic mass is 16.2. The van der Waals surface area contributed by atoms with Crippen LogP contribution in [-0.4, -0.2) is 50.7 Å². The van der Waals surface area contributed by atoms with Gasteiger partial charge in [-0.2, -0.15) is 5.10 Å². The van der Waals surface area contributed by atoms with Crippen molar-refractivity contribution in [3.8, 4) is 0 Å². The van der Waals surface area contributed by atoms with Crippen LogP contribution in [0.2, 0.25) is 0 Å². The quantitative estimate of drug-likeness (QED) is 0.548. The number of aryl methyl sites for hydroxylation is 2. The minimum Gasteiger partial charge on any atom is -0.354 e. The lowest BCUT2D eigenvalue weighted by atomic mass is 10.2. The first-order valence-corrected chi connectivity index (χ1v) is 11.1. The maximum absolute atomic E-state index is 13.1. The van der Waals surface area contributed by atoms with Gasteiger partial charge in [0.05, 0.1) is 11.6 Å². The van der Waals surface area contributed by atoms with Crippen LogP contribution in [0.25, 0.3) is 10.8 Å². The number of nitrogens with zero attached hydrogens (tertiary/aromatic N) is 4. The molecule has 0 spiro atoms. The summed E-state index contributed by atoms with van der Waals surface area (Å²) < 4.78 is 3.34. The second-order valence-electron chi connectivity index (χ2n) is 8.33. The van der Waals surface area contributed by atoms with E-state index >= 15 is 0 Å². The zero-order valence-corrected chi connectivity index (χ0v) is 18.6. The molecule has 1 saturated heterocycles. The highest BCUT2D eigenvalue weighted by Crippen LogP contribution is 2.23. The van der Waals surface area contributed by atoms with Crippen LogP contribution in [0.5, 0.6) is 0 Å². The van der Waals surface area contributed by atoms with Gasteiger partial charge in [-0.1, -0.05) is 30.3 Å². The van der Waals surface area contributed by atoms with Gasteiger partial charge in [0.25, 0.3) is 5.56 Å². The molecular weight excluding hydrogens is 406 g/mol. The fourth-order valence-corrected chi connectivity index (χ4v) is 4.39. The molecule has 1 fully saturated rings. The zero-order chi connectivity index (χ0) is 22.7. The fraction of sp³-hybridized carbons (Fsp3) is 0.417.